The van der Waals surface area contributed by atoms with Crippen molar-refractivity contribution in [1.82, 2.24) is 0 Å². The molecule has 0 radical (unpaired) electrons. The second-order valence-corrected chi connectivity index (χ2v) is 8.55. The van der Waals surface area contributed by atoms with Crippen LogP contribution in [0.1, 0.15) is 62.0 Å². The lowest BCUT2D eigenvalue weighted by molar-refractivity contribution is 0.297. The van der Waals surface area contributed by atoms with Crippen molar-refractivity contribution in [1.29, 1.82) is 0 Å². The number of aromatic hydroxyl groups is 1. The summed E-state index contributed by atoms with van der Waals surface area (Å²) in [6.45, 7) is 2.35. The number of phenols is 1. The summed E-state index contributed by atoms with van der Waals surface area (Å²) in [7, 11) is 0. The largest absolute Gasteiger partial charge is 0.505 e. The first-order valence-corrected chi connectivity index (χ1v) is 10.7. The third-order valence-corrected chi connectivity index (χ3v) is 6.57. The van der Waals surface area contributed by atoms with E-state index in [2.05, 4.69) is 61.5 Å². The molecule has 0 heterocycles. The molecule has 29 heavy (non-hydrogen) atoms. The predicted octanol–water partition coefficient (Wildman–Crippen LogP) is 7.67. The van der Waals surface area contributed by atoms with Crippen LogP contribution in [0, 0.1) is 11.7 Å². The smallest absolute Gasteiger partial charge is 0.165 e. The number of phenolic OH excluding ortho intramolecular Hbond substituents is 1. The lowest BCUT2D eigenvalue weighted by atomic mass is 9.75. The molecule has 0 aromatic heterocycles. The van der Waals surface area contributed by atoms with Gasteiger partial charge in [-0.1, -0.05) is 67.6 Å². The molecule has 1 N–H and O–H groups in total. The van der Waals surface area contributed by atoms with Crippen molar-refractivity contribution < 1.29 is 9.50 Å². The zero-order chi connectivity index (χ0) is 20.2. The summed E-state index contributed by atoms with van der Waals surface area (Å²) in [5, 5.41) is 9.37. The summed E-state index contributed by atoms with van der Waals surface area (Å²) in [4.78, 5) is 0. The molecule has 0 aliphatic heterocycles. The number of benzene rings is 3. The van der Waals surface area contributed by atoms with Gasteiger partial charge in [-0.2, -0.15) is 0 Å². The van der Waals surface area contributed by atoms with Gasteiger partial charge in [0.05, 0.1) is 0 Å². The zero-order valence-electron chi connectivity index (χ0n) is 17.0. The van der Waals surface area contributed by atoms with Gasteiger partial charge in [0, 0.05) is 0 Å². The maximum atomic E-state index is 13.6. The van der Waals surface area contributed by atoms with Crippen LogP contribution in [-0.2, 0) is 0 Å². The van der Waals surface area contributed by atoms with E-state index in [4.69, 9.17) is 0 Å². The van der Waals surface area contributed by atoms with Crippen LogP contribution in [0.25, 0.3) is 11.1 Å². The lowest BCUT2D eigenvalue weighted by Gasteiger charge is -2.30. The van der Waals surface area contributed by atoms with Gasteiger partial charge in [0.1, 0.15) is 0 Å². The molecule has 1 atom stereocenters. The second kappa shape index (κ2) is 8.82. The molecule has 1 nitrogen and oxygen atoms in total. The van der Waals surface area contributed by atoms with Crippen LogP contribution in [0.3, 0.4) is 0 Å². The fraction of sp³-hybridized carbons (Fsp3) is 0.333. The van der Waals surface area contributed by atoms with Gasteiger partial charge in [-0.15, -0.1) is 0 Å². The van der Waals surface area contributed by atoms with Crippen LogP contribution in [0.5, 0.6) is 5.75 Å². The van der Waals surface area contributed by atoms with Crippen molar-refractivity contribution in [3.63, 3.8) is 0 Å². The molecule has 1 aliphatic carbocycles. The molecule has 150 valence electrons. The first kappa shape index (κ1) is 19.7. The minimum absolute atomic E-state index is 0.302. The highest BCUT2D eigenvalue weighted by atomic mass is 19.1. The first-order chi connectivity index (χ1) is 14.1. The van der Waals surface area contributed by atoms with Crippen molar-refractivity contribution in [3.8, 4) is 16.9 Å². The van der Waals surface area contributed by atoms with Gasteiger partial charge < -0.3 is 5.11 Å². The Labute approximate surface area is 173 Å². The van der Waals surface area contributed by atoms with Crippen LogP contribution in [0.4, 0.5) is 4.39 Å². The Kier molecular flexibility index (Phi) is 5.99. The van der Waals surface area contributed by atoms with Crippen LogP contribution < -0.4 is 0 Å². The fourth-order valence-electron chi connectivity index (χ4n) is 4.78. The maximum Gasteiger partial charge on any atom is 0.165 e. The molecular weight excluding hydrogens is 359 g/mol. The zero-order valence-corrected chi connectivity index (χ0v) is 17.0. The Morgan fingerprint density at radius 2 is 1.52 bits per heavy atom. The second-order valence-electron chi connectivity index (χ2n) is 8.55. The molecule has 2 heteroatoms. The van der Waals surface area contributed by atoms with E-state index < -0.39 is 5.82 Å². The molecular formula is C27H29FO. The Hall–Kier alpha value is -2.61. The average Bonchev–Trinajstić information content (AvgIpc) is 2.77. The monoisotopic (exact) mass is 388 g/mol. The number of halogens is 1. The lowest BCUT2D eigenvalue weighted by Crippen LogP contribution is -2.15. The van der Waals surface area contributed by atoms with Gasteiger partial charge >= 0.3 is 0 Å². The highest BCUT2D eigenvalue weighted by Crippen LogP contribution is 2.40. The van der Waals surface area contributed by atoms with Gasteiger partial charge in [-0.3, -0.25) is 0 Å². The van der Waals surface area contributed by atoms with E-state index in [1.54, 1.807) is 6.07 Å². The van der Waals surface area contributed by atoms with Crippen LogP contribution in [-0.4, -0.2) is 5.11 Å². The molecule has 1 saturated carbocycles. The standard InChI is InChI=1S/C27H29FO/c1-19(21-5-3-2-4-6-21)17-20-7-9-22(10-8-20)23-11-13-24(14-12-23)25-15-16-27(29)26(28)18-25/h2-6,11-16,18-20,22,29H,7-10,17H2,1H3/t19-,20?,22?/m0/s1. The molecule has 0 bridgehead atoms. The Morgan fingerprint density at radius 1 is 0.862 bits per heavy atom. The highest BCUT2D eigenvalue weighted by Gasteiger charge is 2.24. The van der Waals surface area contributed by atoms with Crippen LogP contribution >= 0.6 is 0 Å². The topological polar surface area (TPSA) is 20.2 Å². The molecule has 0 spiro atoms. The summed E-state index contributed by atoms with van der Waals surface area (Å²) >= 11 is 0. The molecule has 3 aromatic rings. The van der Waals surface area contributed by atoms with E-state index in [1.807, 2.05) is 0 Å². The van der Waals surface area contributed by atoms with Crippen molar-refractivity contribution in [2.24, 2.45) is 5.92 Å². The SMILES string of the molecule is C[C@@H](CC1CCC(c2ccc(-c3ccc(O)c(F)c3)cc2)CC1)c1ccccc1. The quantitative estimate of drug-likeness (QED) is 0.475. The van der Waals surface area contributed by atoms with E-state index in [9.17, 15) is 9.50 Å². The molecule has 0 unspecified atom stereocenters. The van der Waals surface area contributed by atoms with E-state index in [-0.39, 0.29) is 5.75 Å². The van der Waals surface area contributed by atoms with Crippen molar-refractivity contribution >= 4 is 0 Å². The van der Waals surface area contributed by atoms with Gasteiger partial charge in [0.25, 0.3) is 0 Å². The van der Waals surface area contributed by atoms with E-state index in [1.165, 1.54) is 55.4 Å². The minimum atomic E-state index is -0.574. The van der Waals surface area contributed by atoms with Crippen LogP contribution in [0.2, 0.25) is 0 Å². The molecule has 3 aromatic carbocycles. The van der Waals surface area contributed by atoms with Gasteiger partial charge in [0.2, 0.25) is 0 Å². The number of hydrogen-bond acceptors (Lipinski definition) is 1. The third kappa shape index (κ3) is 4.70. The van der Waals surface area contributed by atoms with Crippen molar-refractivity contribution in [2.75, 3.05) is 0 Å². The summed E-state index contributed by atoms with van der Waals surface area (Å²) in [6.07, 6.45) is 6.38. The summed E-state index contributed by atoms with van der Waals surface area (Å²) in [5.41, 5.74) is 4.63. The van der Waals surface area contributed by atoms with E-state index in [0.717, 1.165) is 17.0 Å². The summed E-state index contributed by atoms with van der Waals surface area (Å²) in [5.74, 6) is 1.20. The van der Waals surface area contributed by atoms with Gasteiger partial charge in [-0.25, -0.2) is 4.39 Å². The molecule has 0 saturated heterocycles. The molecule has 1 fully saturated rings. The number of rotatable bonds is 5. The Balaban J connectivity index is 1.34. The van der Waals surface area contributed by atoms with Gasteiger partial charge in [-0.05, 0) is 84.2 Å². The molecule has 1 aliphatic rings. The maximum absolute atomic E-state index is 13.6. The Bertz CT molecular complexity index is 925. The van der Waals surface area contributed by atoms with E-state index >= 15 is 0 Å². The number of hydrogen-bond donors (Lipinski definition) is 1. The third-order valence-electron chi connectivity index (χ3n) is 6.57. The molecule has 4 rings (SSSR count). The fourth-order valence-corrected chi connectivity index (χ4v) is 4.78. The average molecular weight is 389 g/mol. The van der Waals surface area contributed by atoms with Crippen molar-refractivity contribution in [3.05, 3.63) is 89.7 Å². The van der Waals surface area contributed by atoms with E-state index in [0.29, 0.717) is 11.8 Å². The van der Waals surface area contributed by atoms with Crippen molar-refractivity contribution in [2.45, 2.75) is 50.9 Å². The summed E-state index contributed by atoms with van der Waals surface area (Å²) in [6, 6.07) is 24.0. The first-order valence-electron chi connectivity index (χ1n) is 10.7. The highest BCUT2D eigenvalue weighted by molar-refractivity contribution is 5.64. The Morgan fingerprint density at radius 3 is 2.17 bits per heavy atom. The minimum Gasteiger partial charge on any atom is -0.505 e. The predicted molar refractivity (Wildman–Crippen MR) is 118 cm³/mol. The molecule has 0 amide bonds. The normalized spacial score (nSPS) is 20.3. The summed E-state index contributed by atoms with van der Waals surface area (Å²) < 4.78 is 13.6. The van der Waals surface area contributed by atoms with Gasteiger partial charge in [0.15, 0.2) is 11.6 Å². The van der Waals surface area contributed by atoms with Crippen LogP contribution in [0.15, 0.2) is 72.8 Å².